The number of carboxylic acids is 1. The van der Waals surface area contributed by atoms with Crippen molar-refractivity contribution in [2.45, 2.75) is 31.0 Å². The van der Waals surface area contributed by atoms with Crippen molar-refractivity contribution in [1.29, 1.82) is 0 Å². The maximum Gasteiger partial charge on any atom is 0.407 e. The van der Waals surface area contributed by atoms with Crippen molar-refractivity contribution >= 4 is 29.3 Å². The Bertz CT molecular complexity index is 1230. The molecule has 1 aliphatic heterocycles. The fourth-order valence-corrected chi connectivity index (χ4v) is 5.28. The van der Waals surface area contributed by atoms with Crippen LogP contribution < -0.4 is 10.6 Å². The van der Waals surface area contributed by atoms with E-state index in [1.54, 1.807) is 0 Å². The SMILES string of the molecule is O=C(NCc1ncc(C(=O)NC2CCOC2C(=O)O)s1)OCC1c2ccccc2-c2ccccc21. The lowest BCUT2D eigenvalue weighted by molar-refractivity contribution is -0.148. The number of ether oxygens (including phenoxy) is 2. The molecule has 2 heterocycles. The molecule has 5 rings (SSSR count). The van der Waals surface area contributed by atoms with E-state index in [4.69, 9.17) is 14.6 Å². The third-order valence-corrected chi connectivity index (χ3v) is 7.15. The first-order valence-corrected chi connectivity index (χ1v) is 12.0. The number of hydrogen-bond acceptors (Lipinski definition) is 7. The van der Waals surface area contributed by atoms with Gasteiger partial charge in [0.25, 0.3) is 5.91 Å². The highest BCUT2D eigenvalue weighted by atomic mass is 32.1. The van der Waals surface area contributed by atoms with Gasteiger partial charge in [0.05, 0.1) is 18.8 Å². The molecule has 2 unspecified atom stereocenters. The molecular formula is C25H23N3O6S. The van der Waals surface area contributed by atoms with Crippen molar-refractivity contribution in [2.75, 3.05) is 13.2 Å². The molecule has 1 saturated heterocycles. The molecule has 10 heteroatoms. The number of nitrogens with one attached hydrogen (secondary N) is 2. The quantitative estimate of drug-likeness (QED) is 0.461. The summed E-state index contributed by atoms with van der Waals surface area (Å²) in [5, 5.41) is 15.1. The molecule has 2 amide bonds. The first kappa shape index (κ1) is 23.0. The zero-order valence-electron chi connectivity index (χ0n) is 18.6. The van der Waals surface area contributed by atoms with E-state index in [2.05, 4.69) is 39.9 Å². The average Bonchev–Trinajstić information content (AvgIpc) is 3.59. The van der Waals surface area contributed by atoms with Crippen molar-refractivity contribution < 1.29 is 29.0 Å². The summed E-state index contributed by atoms with van der Waals surface area (Å²) in [5.41, 5.74) is 4.58. The Kier molecular flexibility index (Phi) is 6.47. The maximum absolute atomic E-state index is 12.5. The van der Waals surface area contributed by atoms with E-state index < -0.39 is 30.1 Å². The van der Waals surface area contributed by atoms with Gasteiger partial charge in [0.1, 0.15) is 16.5 Å². The summed E-state index contributed by atoms with van der Waals surface area (Å²) in [6.07, 6.45) is 0.208. The van der Waals surface area contributed by atoms with Crippen LogP contribution in [0.25, 0.3) is 11.1 Å². The number of benzene rings is 2. The molecule has 35 heavy (non-hydrogen) atoms. The van der Waals surface area contributed by atoms with E-state index in [0.29, 0.717) is 16.3 Å². The highest BCUT2D eigenvalue weighted by Crippen LogP contribution is 2.44. The molecule has 0 radical (unpaired) electrons. The minimum absolute atomic E-state index is 0.0301. The number of hydrogen-bond donors (Lipinski definition) is 3. The molecule has 2 aromatic carbocycles. The topological polar surface area (TPSA) is 127 Å². The van der Waals surface area contributed by atoms with E-state index in [1.165, 1.54) is 6.20 Å². The third-order valence-electron chi connectivity index (χ3n) is 6.16. The minimum Gasteiger partial charge on any atom is -0.479 e. The van der Waals surface area contributed by atoms with Crippen molar-refractivity contribution in [1.82, 2.24) is 15.6 Å². The van der Waals surface area contributed by atoms with Gasteiger partial charge >= 0.3 is 12.1 Å². The van der Waals surface area contributed by atoms with Crippen LogP contribution in [0.4, 0.5) is 4.79 Å². The van der Waals surface area contributed by atoms with Crippen molar-refractivity contribution in [2.24, 2.45) is 0 Å². The van der Waals surface area contributed by atoms with Gasteiger partial charge in [-0.15, -0.1) is 11.3 Å². The number of carbonyl (C=O) groups excluding carboxylic acids is 2. The van der Waals surface area contributed by atoms with Crippen LogP contribution in [0.2, 0.25) is 0 Å². The lowest BCUT2D eigenvalue weighted by Gasteiger charge is -2.15. The molecule has 2 atom stereocenters. The van der Waals surface area contributed by atoms with Gasteiger partial charge in [0.2, 0.25) is 0 Å². The van der Waals surface area contributed by atoms with Crippen LogP contribution in [-0.4, -0.2) is 53.4 Å². The first-order valence-electron chi connectivity index (χ1n) is 11.2. The Morgan fingerprint density at radius 1 is 1.09 bits per heavy atom. The normalized spacial score (nSPS) is 18.5. The number of fused-ring (bicyclic) bond motifs is 3. The van der Waals surface area contributed by atoms with Crippen molar-refractivity contribution in [3.8, 4) is 11.1 Å². The Hall–Kier alpha value is -3.76. The number of carbonyl (C=O) groups is 3. The van der Waals surface area contributed by atoms with Gasteiger partial charge in [-0.1, -0.05) is 48.5 Å². The van der Waals surface area contributed by atoms with Crippen LogP contribution in [0.3, 0.4) is 0 Å². The standard InChI is InChI=1S/C25H23N3O6S/c29-23(28-19-9-10-33-22(19)24(30)31)20-11-26-21(35-20)12-27-25(32)34-13-18-16-7-3-1-5-14(16)15-6-2-4-8-17(15)18/h1-8,11,18-19,22H,9-10,12-13H2,(H,27,32)(H,28,29)(H,30,31). The number of thiazole rings is 1. The lowest BCUT2D eigenvalue weighted by Crippen LogP contribution is -2.43. The summed E-state index contributed by atoms with van der Waals surface area (Å²) in [6.45, 7) is 0.596. The molecule has 9 nitrogen and oxygen atoms in total. The molecule has 0 bridgehead atoms. The molecule has 180 valence electrons. The molecule has 2 aliphatic rings. The Labute approximate surface area is 205 Å². The van der Waals surface area contributed by atoms with Gasteiger partial charge in [-0.05, 0) is 28.7 Å². The number of alkyl carbamates (subject to hydrolysis) is 1. The van der Waals surface area contributed by atoms with E-state index in [9.17, 15) is 14.4 Å². The summed E-state index contributed by atoms with van der Waals surface area (Å²) in [5.74, 6) is -1.56. The predicted octanol–water partition coefficient (Wildman–Crippen LogP) is 3.15. The molecule has 1 fully saturated rings. The van der Waals surface area contributed by atoms with Gasteiger partial charge in [-0.3, -0.25) is 4.79 Å². The molecule has 0 saturated carbocycles. The van der Waals surface area contributed by atoms with Crippen LogP contribution in [0.1, 0.15) is 38.1 Å². The lowest BCUT2D eigenvalue weighted by atomic mass is 9.98. The summed E-state index contributed by atoms with van der Waals surface area (Å²) in [4.78, 5) is 40.5. The van der Waals surface area contributed by atoms with E-state index >= 15 is 0 Å². The number of rotatable bonds is 7. The minimum atomic E-state index is -1.11. The number of nitrogens with zero attached hydrogens (tertiary/aromatic N) is 1. The molecule has 3 aromatic rings. The number of aliphatic carboxylic acids is 1. The van der Waals surface area contributed by atoms with Crippen molar-refractivity contribution in [3.05, 3.63) is 75.7 Å². The Morgan fingerprint density at radius 3 is 2.46 bits per heavy atom. The van der Waals surface area contributed by atoms with Gasteiger partial charge in [-0.2, -0.15) is 0 Å². The molecule has 3 N–H and O–H groups in total. The van der Waals surface area contributed by atoms with Gasteiger partial charge in [-0.25, -0.2) is 14.6 Å². The largest absolute Gasteiger partial charge is 0.479 e. The van der Waals surface area contributed by atoms with Gasteiger partial charge in [0.15, 0.2) is 6.10 Å². The summed E-state index contributed by atoms with van der Waals surface area (Å²) in [7, 11) is 0. The number of amides is 2. The smallest absolute Gasteiger partial charge is 0.407 e. The zero-order valence-corrected chi connectivity index (χ0v) is 19.4. The van der Waals surface area contributed by atoms with Crippen LogP contribution in [0.5, 0.6) is 0 Å². The van der Waals surface area contributed by atoms with E-state index in [0.717, 1.165) is 33.6 Å². The zero-order chi connectivity index (χ0) is 24.4. The summed E-state index contributed by atoms with van der Waals surface area (Å²) in [6, 6.07) is 15.6. The van der Waals surface area contributed by atoms with Crippen LogP contribution in [0, 0.1) is 0 Å². The molecule has 1 aromatic heterocycles. The summed E-state index contributed by atoms with van der Waals surface area (Å²) >= 11 is 1.12. The fourth-order valence-electron chi connectivity index (χ4n) is 4.51. The maximum atomic E-state index is 12.5. The Morgan fingerprint density at radius 2 is 1.77 bits per heavy atom. The highest BCUT2D eigenvalue weighted by molar-refractivity contribution is 7.13. The fraction of sp³-hybridized carbons (Fsp3) is 0.280. The molecule has 0 spiro atoms. The second kappa shape index (κ2) is 9.85. The van der Waals surface area contributed by atoms with Crippen LogP contribution >= 0.6 is 11.3 Å². The van der Waals surface area contributed by atoms with Gasteiger partial charge < -0.3 is 25.2 Å². The van der Waals surface area contributed by atoms with E-state index in [1.807, 2.05) is 24.3 Å². The number of carboxylic acid groups (broad SMARTS) is 1. The number of aromatic nitrogens is 1. The van der Waals surface area contributed by atoms with Gasteiger partial charge in [0, 0.05) is 12.5 Å². The van der Waals surface area contributed by atoms with E-state index in [-0.39, 0.29) is 25.7 Å². The third kappa shape index (κ3) is 4.75. The second-order valence-corrected chi connectivity index (χ2v) is 9.41. The highest BCUT2D eigenvalue weighted by Gasteiger charge is 2.35. The summed E-state index contributed by atoms with van der Waals surface area (Å²) < 4.78 is 10.7. The molecular weight excluding hydrogens is 470 g/mol. The van der Waals surface area contributed by atoms with Crippen LogP contribution in [-0.2, 0) is 20.8 Å². The monoisotopic (exact) mass is 493 g/mol. The first-order chi connectivity index (χ1) is 17.0. The van der Waals surface area contributed by atoms with Crippen LogP contribution in [0.15, 0.2) is 54.7 Å². The average molecular weight is 494 g/mol. The molecule has 1 aliphatic carbocycles. The van der Waals surface area contributed by atoms with Crippen molar-refractivity contribution in [3.63, 3.8) is 0 Å². The Balaban J connectivity index is 1.14. The second-order valence-electron chi connectivity index (χ2n) is 8.30. The predicted molar refractivity (Wildman–Crippen MR) is 127 cm³/mol.